The Morgan fingerprint density at radius 2 is 1.97 bits per heavy atom. The van der Waals surface area contributed by atoms with Gasteiger partial charge in [-0.1, -0.05) is 39.0 Å². The Balaban J connectivity index is 1.60. The number of ether oxygens (including phenoxy) is 1. The van der Waals surface area contributed by atoms with Gasteiger partial charge < -0.3 is 15.0 Å². The van der Waals surface area contributed by atoms with Gasteiger partial charge in [0.15, 0.2) is 6.61 Å². The van der Waals surface area contributed by atoms with Gasteiger partial charge in [-0.3, -0.25) is 19.3 Å². The van der Waals surface area contributed by atoms with E-state index in [2.05, 4.69) is 10.3 Å². The first-order chi connectivity index (χ1) is 14.7. The molecule has 166 valence electrons. The van der Waals surface area contributed by atoms with E-state index in [1.54, 1.807) is 13.1 Å². The summed E-state index contributed by atoms with van der Waals surface area (Å²) in [4.78, 5) is 53.7. The van der Waals surface area contributed by atoms with Crippen molar-refractivity contribution in [3.8, 4) is 0 Å². The number of aryl methyl sites for hydroxylation is 1. The predicted molar refractivity (Wildman–Crippen MR) is 116 cm³/mol. The summed E-state index contributed by atoms with van der Waals surface area (Å²) < 4.78 is 5.08. The van der Waals surface area contributed by atoms with E-state index in [0.717, 1.165) is 34.2 Å². The molecule has 1 atom stereocenters. The van der Waals surface area contributed by atoms with Crippen LogP contribution in [-0.2, 0) is 20.7 Å². The molecule has 0 unspecified atom stereocenters. The topological polar surface area (TPSA) is 109 Å². The van der Waals surface area contributed by atoms with Gasteiger partial charge in [0.25, 0.3) is 5.91 Å². The lowest BCUT2D eigenvalue weighted by atomic mass is 9.92. The maximum atomic E-state index is 12.7. The maximum absolute atomic E-state index is 12.7. The number of hydrogen-bond donors (Lipinski definition) is 2. The first-order valence-corrected chi connectivity index (χ1v) is 10.6. The number of H-pyrrole nitrogens is 1. The lowest BCUT2D eigenvalue weighted by molar-refractivity contribution is -0.146. The van der Waals surface area contributed by atoms with Crippen LogP contribution < -0.4 is 5.32 Å². The van der Waals surface area contributed by atoms with E-state index in [4.69, 9.17) is 4.74 Å². The van der Waals surface area contributed by atoms with Crippen molar-refractivity contribution in [3.05, 3.63) is 35.5 Å². The van der Waals surface area contributed by atoms with E-state index in [-0.39, 0.29) is 5.78 Å². The molecule has 1 fully saturated rings. The van der Waals surface area contributed by atoms with E-state index in [1.807, 2.05) is 39.0 Å². The van der Waals surface area contributed by atoms with Gasteiger partial charge in [-0.2, -0.15) is 0 Å². The quantitative estimate of drug-likeness (QED) is 0.363. The summed E-state index contributed by atoms with van der Waals surface area (Å²) in [5.41, 5.74) is 1.39. The van der Waals surface area contributed by atoms with E-state index in [9.17, 15) is 19.2 Å². The molecule has 8 heteroatoms. The van der Waals surface area contributed by atoms with Crippen LogP contribution in [0.4, 0.5) is 4.79 Å². The maximum Gasteiger partial charge on any atom is 0.326 e. The monoisotopic (exact) mass is 427 g/mol. The molecule has 3 amide bonds. The lowest BCUT2D eigenvalue weighted by Gasteiger charge is -2.22. The average molecular weight is 428 g/mol. The molecular formula is C23H29N3O5. The molecule has 0 bridgehead atoms. The summed E-state index contributed by atoms with van der Waals surface area (Å²) in [5, 5.41) is 3.44. The molecule has 0 aliphatic carbocycles. The highest BCUT2D eigenvalue weighted by Gasteiger charge is 2.48. The largest absolute Gasteiger partial charge is 0.456 e. The molecule has 0 saturated carbocycles. The fourth-order valence-corrected chi connectivity index (χ4v) is 3.78. The highest BCUT2D eigenvalue weighted by Crippen LogP contribution is 2.25. The Hall–Kier alpha value is -3.16. The Morgan fingerprint density at radius 1 is 1.23 bits per heavy atom. The number of esters is 1. The van der Waals surface area contributed by atoms with E-state index < -0.39 is 36.6 Å². The van der Waals surface area contributed by atoms with Crippen molar-refractivity contribution in [1.82, 2.24) is 15.2 Å². The zero-order valence-corrected chi connectivity index (χ0v) is 18.4. The fourth-order valence-electron chi connectivity index (χ4n) is 3.78. The molecule has 3 rings (SSSR count). The van der Waals surface area contributed by atoms with Gasteiger partial charge in [-0.25, -0.2) is 4.79 Å². The number of imide groups is 1. The van der Waals surface area contributed by atoms with E-state index in [1.165, 1.54) is 0 Å². The van der Waals surface area contributed by atoms with Crippen LogP contribution in [-0.4, -0.2) is 52.3 Å². The minimum absolute atomic E-state index is 0.355. The Kier molecular flexibility index (Phi) is 6.48. The molecule has 2 aromatic rings. The zero-order valence-electron chi connectivity index (χ0n) is 18.4. The smallest absolute Gasteiger partial charge is 0.326 e. The van der Waals surface area contributed by atoms with Crippen LogP contribution in [0.25, 0.3) is 10.9 Å². The fraction of sp³-hybridized carbons (Fsp3) is 0.478. The number of para-hydroxylation sites is 1. The van der Waals surface area contributed by atoms with Crippen molar-refractivity contribution in [1.29, 1.82) is 0 Å². The van der Waals surface area contributed by atoms with Crippen LogP contribution in [0.1, 0.15) is 56.5 Å². The third-order valence-corrected chi connectivity index (χ3v) is 5.70. The van der Waals surface area contributed by atoms with Gasteiger partial charge in [-0.15, -0.1) is 0 Å². The van der Waals surface area contributed by atoms with Crippen LogP contribution in [0.15, 0.2) is 24.4 Å². The van der Waals surface area contributed by atoms with E-state index >= 15 is 0 Å². The minimum atomic E-state index is -1.03. The summed E-state index contributed by atoms with van der Waals surface area (Å²) in [7, 11) is 0. The number of nitrogens with zero attached hydrogens (tertiary/aromatic N) is 1. The van der Waals surface area contributed by atoms with Gasteiger partial charge in [0.1, 0.15) is 12.1 Å². The number of carbonyl (C=O) groups is 4. The molecule has 1 aliphatic heterocycles. The third-order valence-electron chi connectivity index (χ3n) is 5.70. The van der Waals surface area contributed by atoms with Crippen LogP contribution in [0.5, 0.6) is 0 Å². The molecule has 0 spiro atoms. The average Bonchev–Trinajstić information content (AvgIpc) is 3.25. The van der Waals surface area contributed by atoms with Crippen LogP contribution >= 0.6 is 0 Å². The minimum Gasteiger partial charge on any atom is -0.456 e. The molecule has 2 N–H and O–H groups in total. The van der Waals surface area contributed by atoms with Gasteiger partial charge in [0, 0.05) is 22.7 Å². The Bertz CT molecular complexity index is 1030. The number of aromatic amines is 1. The molecule has 31 heavy (non-hydrogen) atoms. The zero-order chi connectivity index (χ0) is 22.8. The number of aromatic nitrogens is 1. The second-order valence-corrected chi connectivity index (χ2v) is 8.57. The van der Waals surface area contributed by atoms with Crippen molar-refractivity contribution in [3.63, 3.8) is 0 Å². The van der Waals surface area contributed by atoms with Crippen molar-refractivity contribution >= 4 is 34.6 Å². The number of Topliss-reactive ketones (excluding diaryl/α,β-unsaturated/α-hetero) is 1. The molecular weight excluding hydrogens is 398 g/mol. The van der Waals surface area contributed by atoms with Gasteiger partial charge in [-0.05, 0) is 37.7 Å². The molecule has 1 saturated heterocycles. The number of fused-ring (bicyclic) bond motifs is 1. The number of amides is 3. The van der Waals surface area contributed by atoms with Crippen molar-refractivity contribution < 1.29 is 23.9 Å². The highest BCUT2D eigenvalue weighted by molar-refractivity contribution is 6.10. The lowest BCUT2D eigenvalue weighted by Crippen LogP contribution is -2.44. The molecule has 1 aliphatic rings. The number of carbonyl (C=O) groups excluding carboxylic acids is 4. The second kappa shape index (κ2) is 8.91. The summed E-state index contributed by atoms with van der Waals surface area (Å²) in [6.07, 6.45) is 3.68. The SMILES string of the molecule is CCc1cccc2c(C(=O)COC(=O)CN3C(=O)N[C@@](C)(CCC(C)C)C3=O)c[nH]c12. The number of ketones is 1. The van der Waals surface area contributed by atoms with Gasteiger partial charge >= 0.3 is 12.0 Å². The Morgan fingerprint density at radius 3 is 2.65 bits per heavy atom. The summed E-state index contributed by atoms with van der Waals surface area (Å²) >= 11 is 0. The summed E-state index contributed by atoms with van der Waals surface area (Å²) in [6.45, 7) is 6.77. The third kappa shape index (κ3) is 4.62. The van der Waals surface area contributed by atoms with Crippen molar-refractivity contribution in [2.45, 2.75) is 52.5 Å². The number of hydrogen-bond acceptors (Lipinski definition) is 5. The Labute approximate surface area is 181 Å². The first-order valence-electron chi connectivity index (χ1n) is 10.6. The van der Waals surface area contributed by atoms with Crippen LogP contribution in [0, 0.1) is 5.92 Å². The normalized spacial score (nSPS) is 18.7. The van der Waals surface area contributed by atoms with Crippen molar-refractivity contribution in [2.75, 3.05) is 13.2 Å². The standard InChI is InChI=1S/C23H29N3O5/c1-5-15-7-6-8-16-17(11-24-20(15)16)18(27)13-31-19(28)12-26-21(29)23(4,25-22(26)30)10-9-14(2)3/h6-8,11,14,24H,5,9-10,12-13H2,1-4H3,(H,25,30)/t23-/m0/s1. The van der Waals surface area contributed by atoms with Crippen LogP contribution in [0.2, 0.25) is 0 Å². The number of benzene rings is 1. The number of rotatable bonds is 9. The number of urea groups is 1. The molecule has 2 heterocycles. The van der Waals surface area contributed by atoms with E-state index in [0.29, 0.717) is 17.9 Å². The first kappa shape index (κ1) is 22.5. The summed E-state index contributed by atoms with van der Waals surface area (Å²) in [5.74, 6) is -1.24. The highest BCUT2D eigenvalue weighted by atomic mass is 16.5. The molecule has 0 radical (unpaired) electrons. The molecule has 8 nitrogen and oxygen atoms in total. The van der Waals surface area contributed by atoms with Gasteiger partial charge in [0.2, 0.25) is 5.78 Å². The predicted octanol–water partition coefficient (Wildman–Crippen LogP) is 3.20. The van der Waals surface area contributed by atoms with Gasteiger partial charge in [0.05, 0.1) is 0 Å². The molecule has 1 aromatic carbocycles. The summed E-state index contributed by atoms with van der Waals surface area (Å²) in [6, 6.07) is 5.08. The van der Waals surface area contributed by atoms with Crippen LogP contribution in [0.3, 0.4) is 0 Å². The number of nitrogens with one attached hydrogen (secondary N) is 2. The second-order valence-electron chi connectivity index (χ2n) is 8.57. The van der Waals surface area contributed by atoms with Crippen molar-refractivity contribution in [2.24, 2.45) is 5.92 Å². The molecule has 1 aromatic heterocycles.